The number of hydrogen-bond acceptors (Lipinski definition) is 4. The van der Waals surface area contributed by atoms with Gasteiger partial charge in [0.25, 0.3) is 0 Å². The van der Waals surface area contributed by atoms with Crippen LogP contribution in [0.15, 0.2) is 36.7 Å². The predicted molar refractivity (Wildman–Crippen MR) is 85.3 cm³/mol. The van der Waals surface area contributed by atoms with Gasteiger partial charge in [-0.25, -0.2) is 4.98 Å². The highest BCUT2D eigenvalue weighted by atomic mass is 35.5. The number of aliphatic hydroxyl groups excluding tert-OH is 1. The molecule has 21 heavy (non-hydrogen) atoms. The fraction of sp³-hybridized carbons (Fsp3) is 0.333. The first-order valence-electron chi connectivity index (χ1n) is 6.88. The Morgan fingerprint density at radius 3 is 2.62 bits per heavy atom. The standard InChI is InChI=1S/C15H18N4O.ClH/c20-10-9-19-11-17-15(18-19)14-3-1-12(2-4-14)13-5-7-16-8-6-13;/h1-5,11,16,20H,6-10H2;1H. The van der Waals surface area contributed by atoms with Crippen LogP contribution >= 0.6 is 12.4 Å². The third-order valence-corrected chi connectivity index (χ3v) is 3.44. The average molecular weight is 307 g/mol. The summed E-state index contributed by atoms with van der Waals surface area (Å²) in [5.74, 6) is 0.698. The highest BCUT2D eigenvalue weighted by Gasteiger charge is 2.08. The zero-order chi connectivity index (χ0) is 13.8. The fourth-order valence-corrected chi connectivity index (χ4v) is 2.36. The minimum absolute atomic E-state index is 0. The molecule has 0 unspecified atom stereocenters. The van der Waals surface area contributed by atoms with E-state index in [2.05, 4.69) is 45.7 Å². The summed E-state index contributed by atoms with van der Waals surface area (Å²) in [4.78, 5) is 4.26. The molecule has 0 spiro atoms. The van der Waals surface area contributed by atoms with Crippen LogP contribution in [0.3, 0.4) is 0 Å². The topological polar surface area (TPSA) is 63.0 Å². The summed E-state index contributed by atoms with van der Waals surface area (Å²) in [5, 5.41) is 16.5. The van der Waals surface area contributed by atoms with E-state index in [-0.39, 0.29) is 19.0 Å². The molecule has 0 radical (unpaired) electrons. The SMILES string of the molecule is Cl.OCCn1cnc(-c2ccc(C3=CCNCC3)cc2)n1. The molecule has 0 saturated carbocycles. The molecule has 112 valence electrons. The molecule has 0 atom stereocenters. The second-order valence-electron chi connectivity index (χ2n) is 4.82. The van der Waals surface area contributed by atoms with Gasteiger partial charge in [0.05, 0.1) is 13.2 Å². The van der Waals surface area contributed by atoms with Crippen LogP contribution < -0.4 is 5.32 Å². The normalized spacial score (nSPS) is 14.4. The molecule has 5 nitrogen and oxygen atoms in total. The maximum atomic E-state index is 8.88. The molecule has 0 bridgehead atoms. The second-order valence-corrected chi connectivity index (χ2v) is 4.82. The molecule has 1 aliphatic heterocycles. The zero-order valence-electron chi connectivity index (χ0n) is 11.7. The van der Waals surface area contributed by atoms with Crippen LogP contribution in [0.4, 0.5) is 0 Å². The molecule has 0 amide bonds. The lowest BCUT2D eigenvalue weighted by Crippen LogP contribution is -2.19. The average Bonchev–Trinajstić information content (AvgIpc) is 2.97. The molecule has 3 rings (SSSR count). The van der Waals surface area contributed by atoms with Crippen LogP contribution in [0, 0.1) is 0 Å². The van der Waals surface area contributed by atoms with E-state index in [1.807, 2.05) is 0 Å². The molecule has 0 saturated heterocycles. The van der Waals surface area contributed by atoms with Crippen molar-refractivity contribution >= 4 is 18.0 Å². The summed E-state index contributed by atoms with van der Waals surface area (Å²) in [6, 6.07) is 8.35. The summed E-state index contributed by atoms with van der Waals surface area (Å²) in [6.45, 7) is 2.54. The molecular formula is C15H19ClN4O. The minimum atomic E-state index is 0. The van der Waals surface area contributed by atoms with E-state index >= 15 is 0 Å². The third kappa shape index (κ3) is 3.69. The van der Waals surface area contributed by atoms with E-state index in [9.17, 15) is 0 Å². The van der Waals surface area contributed by atoms with Crippen LogP contribution in [-0.4, -0.2) is 39.6 Å². The van der Waals surface area contributed by atoms with Gasteiger partial charge in [-0.1, -0.05) is 30.3 Å². The lowest BCUT2D eigenvalue weighted by atomic mass is 9.99. The van der Waals surface area contributed by atoms with Crippen molar-refractivity contribution in [3.63, 3.8) is 0 Å². The Bertz CT molecular complexity index is 606. The number of aromatic nitrogens is 3. The van der Waals surface area contributed by atoms with E-state index in [0.29, 0.717) is 12.4 Å². The van der Waals surface area contributed by atoms with Crippen LogP contribution in [0.25, 0.3) is 17.0 Å². The van der Waals surface area contributed by atoms with Crippen LogP contribution in [-0.2, 0) is 6.54 Å². The summed E-state index contributed by atoms with van der Waals surface area (Å²) in [6.07, 6.45) is 4.96. The van der Waals surface area contributed by atoms with Gasteiger partial charge in [0.2, 0.25) is 0 Å². The number of nitrogens with zero attached hydrogens (tertiary/aromatic N) is 3. The Balaban J connectivity index is 0.00000161. The van der Waals surface area contributed by atoms with Crippen molar-refractivity contribution in [2.24, 2.45) is 0 Å². The fourth-order valence-electron chi connectivity index (χ4n) is 2.36. The largest absolute Gasteiger partial charge is 0.394 e. The van der Waals surface area contributed by atoms with Gasteiger partial charge in [0.15, 0.2) is 5.82 Å². The molecule has 1 aromatic heterocycles. The number of benzene rings is 1. The van der Waals surface area contributed by atoms with Gasteiger partial charge in [0.1, 0.15) is 6.33 Å². The third-order valence-electron chi connectivity index (χ3n) is 3.44. The molecule has 2 aromatic rings. The Morgan fingerprint density at radius 2 is 1.95 bits per heavy atom. The van der Waals surface area contributed by atoms with Gasteiger partial charge in [-0.3, -0.25) is 4.68 Å². The van der Waals surface area contributed by atoms with Gasteiger partial charge in [-0.2, -0.15) is 5.10 Å². The monoisotopic (exact) mass is 306 g/mol. The molecule has 0 aliphatic carbocycles. The van der Waals surface area contributed by atoms with Crippen molar-refractivity contribution in [2.75, 3.05) is 19.7 Å². The highest BCUT2D eigenvalue weighted by molar-refractivity contribution is 5.85. The molecule has 2 heterocycles. The van der Waals surface area contributed by atoms with Crippen molar-refractivity contribution < 1.29 is 5.11 Å². The van der Waals surface area contributed by atoms with Crippen LogP contribution in [0.2, 0.25) is 0 Å². The molecule has 2 N–H and O–H groups in total. The number of rotatable bonds is 4. The van der Waals surface area contributed by atoms with Crippen molar-refractivity contribution in [2.45, 2.75) is 13.0 Å². The van der Waals surface area contributed by atoms with Crippen LogP contribution in [0.5, 0.6) is 0 Å². The van der Waals surface area contributed by atoms with Gasteiger partial charge in [0, 0.05) is 12.1 Å². The van der Waals surface area contributed by atoms with E-state index in [4.69, 9.17) is 5.11 Å². The van der Waals surface area contributed by atoms with Crippen LogP contribution in [0.1, 0.15) is 12.0 Å². The first-order valence-corrected chi connectivity index (χ1v) is 6.88. The highest BCUT2D eigenvalue weighted by Crippen LogP contribution is 2.22. The van der Waals surface area contributed by atoms with E-state index in [1.54, 1.807) is 11.0 Å². The van der Waals surface area contributed by atoms with Crippen molar-refractivity contribution in [3.8, 4) is 11.4 Å². The Hall–Kier alpha value is -1.69. The molecule has 0 fully saturated rings. The zero-order valence-corrected chi connectivity index (χ0v) is 12.5. The smallest absolute Gasteiger partial charge is 0.181 e. The number of nitrogens with one attached hydrogen (secondary N) is 1. The van der Waals surface area contributed by atoms with Gasteiger partial charge >= 0.3 is 0 Å². The van der Waals surface area contributed by atoms with E-state index in [0.717, 1.165) is 25.1 Å². The number of halogens is 1. The van der Waals surface area contributed by atoms with Crippen molar-refractivity contribution in [3.05, 3.63) is 42.2 Å². The first-order chi connectivity index (χ1) is 9.86. The summed E-state index contributed by atoms with van der Waals surface area (Å²) < 4.78 is 1.65. The van der Waals surface area contributed by atoms with Gasteiger partial charge in [-0.15, -0.1) is 12.4 Å². The van der Waals surface area contributed by atoms with E-state index < -0.39 is 0 Å². The first kappa shape index (κ1) is 15.7. The van der Waals surface area contributed by atoms with Crippen molar-refractivity contribution in [1.82, 2.24) is 20.1 Å². The molecule has 1 aromatic carbocycles. The van der Waals surface area contributed by atoms with Gasteiger partial charge in [-0.05, 0) is 24.1 Å². The lowest BCUT2D eigenvalue weighted by molar-refractivity contribution is 0.269. The maximum Gasteiger partial charge on any atom is 0.181 e. The number of aliphatic hydroxyl groups is 1. The Labute approximate surface area is 130 Å². The van der Waals surface area contributed by atoms with E-state index in [1.165, 1.54) is 11.1 Å². The predicted octanol–water partition coefficient (Wildman–Crippen LogP) is 1.74. The minimum Gasteiger partial charge on any atom is -0.394 e. The van der Waals surface area contributed by atoms with Gasteiger partial charge < -0.3 is 10.4 Å². The Morgan fingerprint density at radius 1 is 1.19 bits per heavy atom. The summed E-state index contributed by atoms with van der Waals surface area (Å²) in [5.41, 5.74) is 3.67. The second kappa shape index (κ2) is 7.36. The van der Waals surface area contributed by atoms with Crippen molar-refractivity contribution in [1.29, 1.82) is 0 Å². The summed E-state index contributed by atoms with van der Waals surface area (Å²) in [7, 11) is 0. The molecule has 1 aliphatic rings. The molecule has 6 heteroatoms. The lowest BCUT2D eigenvalue weighted by Gasteiger charge is -2.14. The quantitative estimate of drug-likeness (QED) is 0.903. The maximum absolute atomic E-state index is 8.88. The number of hydrogen-bond donors (Lipinski definition) is 2. The summed E-state index contributed by atoms with van der Waals surface area (Å²) >= 11 is 0. The Kier molecular flexibility index (Phi) is 5.50. The molecular weight excluding hydrogens is 288 g/mol.